The summed E-state index contributed by atoms with van der Waals surface area (Å²) in [5.74, 6) is -0.212. The van der Waals surface area contributed by atoms with E-state index < -0.39 is 0 Å². The molecule has 8 heteroatoms. The van der Waals surface area contributed by atoms with Gasteiger partial charge in [0.2, 0.25) is 0 Å². The van der Waals surface area contributed by atoms with Crippen LogP contribution in [0.5, 0.6) is 0 Å². The molecule has 2 aromatic carbocycles. The summed E-state index contributed by atoms with van der Waals surface area (Å²) in [7, 11) is 0. The van der Waals surface area contributed by atoms with Crippen LogP contribution in [0, 0.1) is 5.82 Å². The first-order valence-corrected chi connectivity index (χ1v) is 10.6. The Labute approximate surface area is 181 Å². The van der Waals surface area contributed by atoms with Crippen LogP contribution >= 0.6 is 11.6 Å². The van der Waals surface area contributed by atoms with Gasteiger partial charge in [0.15, 0.2) is 0 Å². The number of ether oxygens (including phenoxy) is 1. The highest BCUT2D eigenvalue weighted by atomic mass is 35.5. The summed E-state index contributed by atoms with van der Waals surface area (Å²) in [6.07, 6.45) is -0.0127. The Morgan fingerprint density at radius 3 is 2.60 bits per heavy atom. The Kier molecular flexibility index (Phi) is 6.72. The van der Waals surface area contributed by atoms with Gasteiger partial charge in [-0.25, -0.2) is 9.18 Å². The fourth-order valence-electron chi connectivity index (χ4n) is 3.91. The van der Waals surface area contributed by atoms with Gasteiger partial charge < -0.3 is 19.9 Å². The maximum absolute atomic E-state index is 13.1. The molecule has 30 heavy (non-hydrogen) atoms. The van der Waals surface area contributed by atoms with Gasteiger partial charge in [0, 0.05) is 62.2 Å². The minimum absolute atomic E-state index is 0.0127. The predicted octanol–water partition coefficient (Wildman–Crippen LogP) is 3.53. The third kappa shape index (κ3) is 5.41. The average Bonchev–Trinajstić information content (AvgIpc) is 2.75. The van der Waals surface area contributed by atoms with Gasteiger partial charge >= 0.3 is 6.03 Å². The maximum atomic E-state index is 13.1. The van der Waals surface area contributed by atoms with E-state index in [0.717, 1.165) is 38.4 Å². The van der Waals surface area contributed by atoms with Crippen molar-refractivity contribution in [3.63, 3.8) is 0 Å². The molecule has 2 aromatic rings. The van der Waals surface area contributed by atoms with Crippen LogP contribution in [0.25, 0.3) is 0 Å². The van der Waals surface area contributed by atoms with Gasteiger partial charge in [-0.2, -0.15) is 0 Å². The lowest BCUT2D eigenvalue weighted by molar-refractivity contribution is -0.0295. The highest BCUT2D eigenvalue weighted by Gasteiger charge is 2.27. The third-order valence-electron chi connectivity index (χ3n) is 5.53. The Balaban J connectivity index is 1.25. The summed E-state index contributed by atoms with van der Waals surface area (Å²) in [5.41, 5.74) is 1.74. The number of anilines is 2. The molecule has 2 aliphatic heterocycles. The smallest absolute Gasteiger partial charge is 0.322 e. The van der Waals surface area contributed by atoms with Crippen LogP contribution in [0.3, 0.4) is 0 Å². The van der Waals surface area contributed by atoms with Crippen LogP contribution in [0.15, 0.2) is 48.5 Å². The monoisotopic (exact) mass is 432 g/mol. The first kappa shape index (κ1) is 20.9. The Morgan fingerprint density at radius 2 is 1.87 bits per heavy atom. The molecule has 6 nitrogen and oxygen atoms in total. The van der Waals surface area contributed by atoms with Gasteiger partial charge in [-0.1, -0.05) is 17.7 Å². The largest absolute Gasteiger partial charge is 0.373 e. The van der Waals surface area contributed by atoms with Crippen LogP contribution in [-0.4, -0.2) is 74.4 Å². The molecule has 4 rings (SSSR count). The quantitative estimate of drug-likeness (QED) is 0.802. The van der Waals surface area contributed by atoms with Crippen molar-refractivity contribution in [3.8, 4) is 0 Å². The van der Waals surface area contributed by atoms with Crippen molar-refractivity contribution in [2.75, 3.05) is 62.6 Å². The van der Waals surface area contributed by atoms with E-state index in [9.17, 15) is 9.18 Å². The number of nitrogens with zero attached hydrogens (tertiary/aromatic N) is 3. The lowest BCUT2D eigenvalue weighted by Gasteiger charge is -2.39. The summed E-state index contributed by atoms with van der Waals surface area (Å²) < 4.78 is 19.0. The van der Waals surface area contributed by atoms with E-state index in [2.05, 4.69) is 15.1 Å². The molecule has 1 N–H and O–H groups in total. The number of carbonyl (C=O) groups is 1. The Hall–Kier alpha value is -2.35. The Bertz CT molecular complexity index is 858. The van der Waals surface area contributed by atoms with Crippen molar-refractivity contribution in [1.82, 2.24) is 9.80 Å². The van der Waals surface area contributed by atoms with Gasteiger partial charge in [0.05, 0.1) is 12.7 Å². The molecule has 2 amide bonds. The number of amides is 2. The van der Waals surface area contributed by atoms with Gasteiger partial charge in [0.1, 0.15) is 5.82 Å². The topological polar surface area (TPSA) is 48.1 Å². The lowest BCUT2D eigenvalue weighted by Crippen LogP contribution is -2.54. The van der Waals surface area contributed by atoms with E-state index in [1.165, 1.54) is 12.1 Å². The molecule has 0 saturated carbocycles. The highest BCUT2D eigenvalue weighted by molar-refractivity contribution is 6.30. The van der Waals surface area contributed by atoms with E-state index in [0.29, 0.717) is 30.4 Å². The number of hydrogen-bond donors (Lipinski definition) is 1. The van der Waals surface area contributed by atoms with Gasteiger partial charge in [0.25, 0.3) is 0 Å². The molecule has 0 radical (unpaired) electrons. The molecule has 160 valence electrons. The molecule has 2 fully saturated rings. The van der Waals surface area contributed by atoms with Gasteiger partial charge in [-0.05, 0) is 42.5 Å². The molecule has 1 unspecified atom stereocenters. The van der Waals surface area contributed by atoms with Crippen molar-refractivity contribution in [3.05, 3.63) is 59.4 Å². The van der Waals surface area contributed by atoms with Crippen LogP contribution < -0.4 is 10.2 Å². The molecule has 1 atom stereocenters. The molecule has 0 aromatic heterocycles. The number of morpholine rings is 1. The van der Waals surface area contributed by atoms with E-state index in [1.807, 2.05) is 24.3 Å². The molecule has 2 heterocycles. The summed E-state index contributed by atoms with van der Waals surface area (Å²) in [6, 6.07) is 13.7. The molecule has 2 saturated heterocycles. The molecule has 0 bridgehead atoms. The fourth-order valence-corrected chi connectivity index (χ4v) is 4.10. The van der Waals surface area contributed by atoms with Crippen molar-refractivity contribution < 1.29 is 13.9 Å². The van der Waals surface area contributed by atoms with Gasteiger partial charge in [-0.15, -0.1) is 0 Å². The molecule has 2 aliphatic rings. The van der Waals surface area contributed by atoms with Crippen LogP contribution in [0.2, 0.25) is 5.02 Å². The SMILES string of the molecule is O=C(Nc1cccc(Cl)c1)N1CCOC(CN2CCN(c3ccc(F)cc3)CC2)C1. The van der Waals surface area contributed by atoms with E-state index in [1.54, 1.807) is 17.0 Å². The normalized spacial score (nSPS) is 20.3. The van der Waals surface area contributed by atoms with Crippen LogP contribution in [0.4, 0.5) is 20.6 Å². The summed E-state index contributed by atoms with van der Waals surface area (Å²) in [5, 5.41) is 3.49. The summed E-state index contributed by atoms with van der Waals surface area (Å²) in [4.78, 5) is 19.0. The number of hydrogen-bond acceptors (Lipinski definition) is 4. The first-order chi connectivity index (χ1) is 14.6. The summed E-state index contributed by atoms with van der Waals surface area (Å²) in [6.45, 7) is 6.04. The third-order valence-corrected chi connectivity index (χ3v) is 5.76. The first-order valence-electron chi connectivity index (χ1n) is 10.2. The zero-order valence-corrected chi connectivity index (χ0v) is 17.5. The molecular formula is C22H26ClFN4O2. The number of rotatable bonds is 4. The number of nitrogens with one attached hydrogen (secondary N) is 1. The van der Waals surface area contributed by atoms with Crippen molar-refractivity contribution in [1.29, 1.82) is 0 Å². The fraction of sp³-hybridized carbons (Fsp3) is 0.409. The van der Waals surface area contributed by atoms with E-state index >= 15 is 0 Å². The molecule has 0 aliphatic carbocycles. The zero-order chi connectivity index (χ0) is 20.9. The van der Waals surface area contributed by atoms with Crippen LogP contribution in [-0.2, 0) is 4.74 Å². The number of piperazine rings is 1. The number of carbonyl (C=O) groups excluding carboxylic acids is 1. The van der Waals surface area contributed by atoms with Crippen molar-refractivity contribution in [2.45, 2.75) is 6.10 Å². The summed E-state index contributed by atoms with van der Waals surface area (Å²) >= 11 is 5.99. The highest BCUT2D eigenvalue weighted by Crippen LogP contribution is 2.19. The minimum Gasteiger partial charge on any atom is -0.373 e. The van der Waals surface area contributed by atoms with Crippen molar-refractivity contribution in [2.24, 2.45) is 0 Å². The number of benzene rings is 2. The molecular weight excluding hydrogens is 407 g/mol. The number of urea groups is 1. The second-order valence-electron chi connectivity index (χ2n) is 7.64. The standard InChI is InChI=1S/C22H26ClFN4O2/c23-17-2-1-3-19(14-17)25-22(29)28-12-13-30-21(16-28)15-26-8-10-27(11-9-26)20-6-4-18(24)5-7-20/h1-7,14,21H,8-13,15-16H2,(H,25,29). The number of halogens is 2. The van der Waals surface area contributed by atoms with Gasteiger partial charge in [-0.3, -0.25) is 4.90 Å². The maximum Gasteiger partial charge on any atom is 0.322 e. The van der Waals surface area contributed by atoms with E-state index in [4.69, 9.17) is 16.3 Å². The Morgan fingerprint density at radius 1 is 1.10 bits per heavy atom. The van der Waals surface area contributed by atoms with Crippen molar-refractivity contribution >= 4 is 29.0 Å². The second-order valence-corrected chi connectivity index (χ2v) is 8.08. The predicted molar refractivity (Wildman–Crippen MR) is 117 cm³/mol. The van der Waals surface area contributed by atoms with Crippen LogP contribution in [0.1, 0.15) is 0 Å². The lowest BCUT2D eigenvalue weighted by atomic mass is 10.2. The van der Waals surface area contributed by atoms with E-state index in [-0.39, 0.29) is 18.0 Å². The average molecular weight is 433 g/mol. The minimum atomic E-state index is -0.212. The zero-order valence-electron chi connectivity index (χ0n) is 16.8. The second kappa shape index (κ2) is 9.64. The molecule has 0 spiro atoms.